The largest absolute Gasteiger partial charge is 0.452 e. The van der Waals surface area contributed by atoms with Crippen molar-refractivity contribution in [1.82, 2.24) is 15.6 Å². The summed E-state index contributed by atoms with van der Waals surface area (Å²) >= 11 is 0. The first-order chi connectivity index (χ1) is 9.52. The lowest BCUT2D eigenvalue weighted by Crippen LogP contribution is -2.44. The first kappa shape index (κ1) is 15.6. The maximum absolute atomic E-state index is 11.5. The Morgan fingerprint density at radius 1 is 1.40 bits per heavy atom. The van der Waals surface area contributed by atoms with Crippen molar-refractivity contribution in [3.63, 3.8) is 0 Å². The molecule has 0 radical (unpaired) electrons. The number of carbonyl (C=O) groups is 3. The van der Waals surface area contributed by atoms with Crippen molar-refractivity contribution in [1.29, 1.82) is 0 Å². The molecule has 0 fully saturated rings. The van der Waals surface area contributed by atoms with Crippen molar-refractivity contribution >= 4 is 17.9 Å². The molecule has 3 amide bonds. The number of esters is 1. The van der Waals surface area contributed by atoms with Crippen molar-refractivity contribution in [2.75, 3.05) is 6.61 Å². The zero-order valence-electron chi connectivity index (χ0n) is 11.4. The summed E-state index contributed by atoms with van der Waals surface area (Å²) in [6.45, 7) is 3.19. The van der Waals surface area contributed by atoms with Gasteiger partial charge in [-0.25, -0.2) is 9.59 Å². The molecule has 0 aliphatic heterocycles. The molecule has 0 bridgehead atoms. The molecule has 0 aliphatic rings. The Hall–Kier alpha value is -2.44. The maximum Gasteiger partial charge on any atom is 0.340 e. The third-order valence-corrected chi connectivity index (χ3v) is 2.47. The van der Waals surface area contributed by atoms with Crippen LogP contribution in [-0.4, -0.2) is 35.5 Å². The summed E-state index contributed by atoms with van der Waals surface area (Å²) in [6.07, 6.45) is 3.59. The fraction of sp³-hybridized carbons (Fsp3) is 0.385. The number of carbonyl (C=O) groups excluding carboxylic acids is 3. The van der Waals surface area contributed by atoms with Gasteiger partial charge < -0.3 is 10.1 Å². The standard InChI is InChI=1S/C13H17N3O4/c1-3-9(2)15-13(19)16-11(17)8-20-12(18)10-5-4-6-14-7-10/h4-7,9H,3,8H2,1-2H3,(H2,15,16,17,19)/t9-/m0/s1. The molecule has 108 valence electrons. The molecule has 20 heavy (non-hydrogen) atoms. The lowest BCUT2D eigenvalue weighted by molar-refractivity contribution is -0.123. The Morgan fingerprint density at radius 2 is 2.15 bits per heavy atom. The number of nitrogens with zero attached hydrogens (tertiary/aromatic N) is 1. The SMILES string of the molecule is CC[C@H](C)NC(=O)NC(=O)COC(=O)c1cccnc1. The van der Waals surface area contributed by atoms with Gasteiger partial charge in [0.2, 0.25) is 0 Å². The third-order valence-electron chi connectivity index (χ3n) is 2.47. The van der Waals surface area contributed by atoms with Gasteiger partial charge >= 0.3 is 12.0 Å². The summed E-state index contributed by atoms with van der Waals surface area (Å²) in [4.78, 5) is 38.0. The predicted octanol–water partition coefficient (Wildman–Crippen LogP) is 0.863. The minimum Gasteiger partial charge on any atom is -0.452 e. The average Bonchev–Trinajstić information content (AvgIpc) is 2.45. The normalized spacial score (nSPS) is 11.3. The summed E-state index contributed by atoms with van der Waals surface area (Å²) in [7, 11) is 0. The van der Waals surface area contributed by atoms with Crippen LogP contribution in [0.5, 0.6) is 0 Å². The van der Waals surface area contributed by atoms with Crippen molar-refractivity contribution in [2.45, 2.75) is 26.3 Å². The van der Waals surface area contributed by atoms with Gasteiger partial charge in [0.05, 0.1) is 5.56 Å². The molecule has 0 saturated heterocycles. The zero-order valence-corrected chi connectivity index (χ0v) is 11.4. The van der Waals surface area contributed by atoms with Crippen LogP contribution >= 0.6 is 0 Å². The van der Waals surface area contributed by atoms with Crippen molar-refractivity contribution in [2.24, 2.45) is 0 Å². The molecule has 7 heteroatoms. The maximum atomic E-state index is 11.5. The molecule has 0 unspecified atom stereocenters. The minimum atomic E-state index is -0.692. The molecule has 1 aromatic heterocycles. The van der Waals surface area contributed by atoms with Gasteiger partial charge in [-0.3, -0.25) is 15.1 Å². The van der Waals surface area contributed by atoms with Gasteiger partial charge in [0.15, 0.2) is 6.61 Å². The van der Waals surface area contributed by atoms with Gasteiger partial charge in [-0.05, 0) is 25.5 Å². The van der Waals surface area contributed by atoms with Crippen LogP contribution in [0.15, 0.2) is 24.5 Å². The number of amides is 3. The van der Waals surface area contributed by atoms with Crippen LogP contribution in [0.2, 0.25) is 0 Å². The summed E-state index contributed by atoms with van der Waals surface area (Å²) in [5.41, 5.74) is 0.240. The Bertz CT molecular complexity index is 476. The fourth-order valence-electron chi connectivity index (χ4n) is 1.22. The van der Waals surface area contributed by atoms with E-state index in [0.29, 0.717) is 0 Å². The Morgan fingerprint density at radius 3 is 2.75 bits per heavy atom. The van der Waals surface area contributed by atoms with E-state index in [1.165, 1.54) is 18.5 Å². The van der Waals surface area contributed by atoms with E-state index in [-0.39, 0.29) is 11.6 Å². The third kappa shape index (κ3) is 5.47. The highest BCUT2D eigenvalue weighted by Gasteiger charge is 2.13. The highest BCUT2D eigenvalue weighted by atomic mass is 16.5. The summed E-state index contributed by atoms with van der Waals surface area (Å²) in [6, 6.07) is 2.45. The van der Waals surface area contributed by atoms with Gasteiger partial charge in [-0.1, -0.05) is 6.92 Å². The first-order valence-electron chi connectivity index (χ1n) is 6.20. The summed E-state index contributed by atoms with van der Waals surface area (Å²) in [5, 5.41) is 4.63. The number of nitrogens with one attached hydrogen (secondary N) is 2. The van der Waals surface area contributed by atoms with Gasteiger partial charge in [-0.15, -0.1) is 0 Å². The van der Waals surface area contributed by atoms with Crippen molar-refractivity contribution < 1.29 is 19.1 Å². The number of urea groups is 1. The van der Waals surface area contributed by atoms with E-state index in [1.807, 2.05) is 13.8 Å². The number of hydrogen-bond donors (Lipinski definition) is 2. The van der Waals surface area contributed by atoms with Crippen LogP contribution in [0.3, 0.4) is 0 Å². The van der Waals surface area contributed by atoms with Crippen LogP contribution in [0.4, 0.5) is 4.79 Å². The molecular weight excluding hydrogens is 262 g/mol. The summed E-state index contributed by atoms with van der Waals surface area (Å²) in [5.74, 6) is -1.36. The molecule has 7 nitrogen and oxygen atoms in total. The van der Waals surface area contributed by atoms with Crippen LogP contribution in [0, 0.1) is 0 Å². The zero-order chi connectivity index (χ0) is 15.0. The predicted molar refractivity (Wildman–Crippen MR) is 70.9 cm³/mol. The van der Waals surface area contributed by atoms with Crippen molar-refractivity contribution in [3.05, 3.63) is 30.1 Å². The lowest BCUT2D eigenvalue weighted by atomic mass is 10.3. The number of hydrogen-bond acceptors (Lipinski definition) is 5. The van der Waals surface area contributed by atoms with E-state index in [4.69, 9.17) is 4.74 Å². The van der Waals surface area contributed by atoms with E-state index in [2.05, 4.69) is 15.6 Å². The summed E-state index contributed by atoms with van der Waals surface area (Å²) < 4.78 is 4.75. The van der Waals surface area contributed by atoms with E-state index >= 15 is 0 Å². The molecule has 0 saturated carbocycles. The van der Waals surface area contributed by atoms with Crippen LogP contribution < -0.4 is 10.6 Å². The van der Waals surface area contributed by atoms with Gasteiger partial charge in [0.25, 0.3) is 5.91 Å². The highest BCUT2D eigenvalue weighted by molar-refractivity contribution is 5.96. The van der Waals surface area contributed by atoms with Crippen LogP contribution in [-0.2, 0) is 9.53 Å². The molecule has 0 spiro atoms. The molecule has 1 aromatic rings. The number of rotatable bonds is 5. The van der Waals surface area contributed by atoms with E-state index < -0.39 is 24.5 Å². The monoisotopic (exact) mass is 279 g/mol. The second kappa shape index (κ2) is 7.88. The molecule has 0 aromatic carbocycles. The topological polar surface area (TPSA) is 97.4 Å². The quantitative estimate of drug-likeness (QED) is 0.779. The second-order valence-electron chi connectivity index (χ2n) is 4.15. The molecule has 1 heterocycles. The van der Waals surface area contributed by atoms with Crippen LogP contribution in [0.1, 0.15) is 30.6 Å². The number of imide groups is 1. The number of pyridine rings is 1. The molecule has 2 N–H and O–H groups in total. The average molecular weight is 279 g/mol. The molecule has 0 aliphatic carbocycles. The lowest BCUT2D eigenvalue weighted by Gasteiger charge is -2.11. The van der Waals surface area contributed by atoms with E-state index in [1.54, 1.807) is 6.07 Å². The van der Waals surface area contributed by atoms with Gasteiger partial charge in [0, 0.05) is 18.4 Å². The number of ether oxygens (including phenoxy) is 1. The van der Waals surface area contributed by atoms with Gasteiger partial charge in [0.1, 0.15) is 0 Å². The Balaban J connectivity index is 2.33. The molecule has 1 rings (SSSR count). The molecule has 1 atom stereocenters. The fourth-order valence-corrected chi connectivity index (χ4v) is 1.22. The first-order valence-corrected chi connectivity index (χ1v) is 6.20. The minimum absolute atomic E-state index is 0.0410. The highest BCUT2D eigenvalue weighted by Crippen LogP contribution is 1.98. The smallest absolute Gasteiger partial charge is 0.340 e. The Labute approximate surface area is 116 Å². The second-order valence-corrected chi connectivity index (χ2v) is 4.15. The van der Waals surface area contributed by atoms with E-state index in [0.717, 1.165) is 6.42 Å². The molecular formula is C13H17N3O4. The Kier molecular flexibility index (Phi) is 6.15. The van der Waals surface area contributed by atoms with E-state index in [9.17, 15) is 14.4 Å². The van der Waals surface area contributed by atoms with Crippen LogP contribution in [0.25, 0.3) is 0 Å². The number of aromatic nitrogens is 1. The van der Waals surface area contributed by atoms with Crippen molar-refractivity contribution in [3.8, 4) is 0 Å². The van der Waals surface area contributed by atoms with Gasteiger partial charge in [-0.2, -0.15) is 0 Å².